The Morgan fingerprint density at radius 1 is 1.16 bits per heavy atom. The molecule has 1 aliphatic rings. The molecule has 0 aromatic heterocycles. The van der Waals surface area contributed by atoms with Gasteiger partial charge in [0.15, 0.2) is 9.84 Å². The van der Waals surface area contributed by atoms with Crippen LogP contribution in [0.5, 0.6) is 5.75 Å². The summed E-state index contributed by atoms with van der Waals surface area (Å²) in [5, 5.41) is 29.7. The van der Waals surface area contributed by atoms with Crippen LogP contribution >= 0.6 is 0 Å². The van der Waals surface area contributed by atoms with Gasteiger partial charge in [-0.25, -0.2) is 8.42 Å². The van der Waals surface area contributed by atoms with E-state index in [0.29, 0.717) is 32.3 Å². The average Bonchev–Trinajstić information content (AvgIpc) is 2.98. The fourth-order valence-electron chi connectivity index (χ4n) is 3.27. The van der Waals surface area contributed by atoms with Gasteiger partial charge in [-0.2, -0.15) is 0 Å². The number of aliphatic hydroxyl groups is 3. The maximum Gasteiger partial charge on any atom is 0.203 e. The van der Waals surface area contributed by atoms with Crippen molar-refractivity contribution in [3.8, 4) is 5.75 Å². The van der Waals surface area contributed by atoms with E-state index in [9.17, 15) is 23.4 Å². The molecule has 2 atom stereocenters. The molecule has 170 valence electrons. The number of hydrogen-bond donors (Lipinski definition) is 3. The van der Waals surface area contributed by atoms with Gasteiger partial charge in [-0.05, 0) is 50.3 Å². The van der Waals surface area contributed by atoms with E-state index < -0.39 is 32.2 Å². The number of para-hydroxylation sites is 1. The molecule has 31 heavy (non-hydrogen) atoms. The number of carbonyl (C=O) groups excluding carboxylic acids is 1. The van der Waals surface area contributed by atoms with Crippen LogP contribution < -0.4 is 4.74 Å². The number of sulfone groups is 1. The Hall–Kier alpha value is -2.26. The molecule has 1 aliphatic carbocycles. The van der Waals surface area contributed by atoms with E-state index in [2.05, 4.69) is 0 Å². The monoisotopic (exact) mass is 450 g/mol. The Morgan fingerprint density at radius 3 is 2.52 bits per heavy atom. The van der Waals surface area contributed by atoms with Gasteiger partial charge in [0.25, 0.3) is 0 Å². The van der Waals surface area contributed by atoms with Crippen LogP contribution in [0.1, 0.15) is 32.1 Å². The van der Waals surface area contributed by atoms with Crippen molar-refractivity contribution in [1.82, 2.24) is 0 Å². The number of ketones is 1. The van der Waals surface area contributed by atoms with Gasteiger partial charge in [0, 0.05) is 18.4 Å². The topological polar surface area (TPSA) is 121 Å². The molecule has 0 heterocycles. The molecular weight excluding hydrogens is 420 g/mol. The van der Waals surface area contributed by atoms with Crippen molar-refractivity contribution in [2.45, 2.75) is 43.8 Å². The van der Waals surface area contributed by atoms with Crippen LogP contribution in [0, 0.1) is 0 Å². The van der Waals surface area contributed by atoms with Gasteiger partial charge in [0.1, 0.15) is 16.3 Å². The van der Waals surface area contributed by atoms with Crippen molar-refractivity contribution in [2.24, 2.45) is 0 Å². The Bertz CT molecular complexity index is 932. The van der Waals surface area contributed by atoms with Gasteiger partial charge >= 0.3 is 0 Å². The van der Waals surface area contributed by atoms with E-state index in [0.717, 1.165) is 18.1 Å². The molecule has 0 saturated carbocycles. The number of benzene rings is 1. The van der Waals surface area contributed by atoms with Crippen molar-refractivity contribution in [3.63, 3.8) is 0 Å². The minimum Gasteiger partial charge on any atom is -0.494 e. The first-order valence-corrected chi connectivity index (χ1v) is 12.1. The standard InChI is InChI=1S/C23H30O7S/c1-31(28,29)21-17-23(27,14-5-6-16-30-19-11-3-2-4-12-19)20(22(21)26)13-7-9-18(25)10-8-15-24/h2-4,7,9,11-13,17-18,24-25,27H,5-6,8,10,14-16H2,1H3. The second-order valence-corrected chi connectivity index (χ2v) is 9.54. The summed E-state index contributed by atoms with van der Waals surface area (Å²) in [7, 11) is -3.80. The summed E-state index contributed by atoms with van der Waals surface area (Å²) in [5.74, 6) is 0.00188. The highest BCUT2D eigenvalue weighted by Gasteiger charge is 2.44. The van der Waals surface area contributed by atoms with Crippen LogP contribution in [-0.2, 0) is 14.6 Å². The Kier molecular flexibility index (Phi) is 9.18. The van der Waals surface area contributed by atoms with Crippen LogP contribution in [0.2, 0.25) is 0 Å². The molecule has 0 fully saturated rings. The van der Waals surface area contributed by atoms with E-state index in [-0.39, 0.29) is 18.6 Å². The molecule has 0 aliphatic heterocycles. The van der Waals surface area contributed by atoms with Gasteiger partial charge in [-0.3, -0.25) is 4.79 Å². The van der Waals surface area contributed by atoms with Crippen LogP contribution in [0.25, 0.3) is 0 Å². The van der Waals surface area contributed by atoms with Crippen LogP contribution in [0.15, 0.2) is 65.1 Å². The predicted octanol–water partition coefficient (Wildman–Crippen LogP) is 2.09. The second-order valence-electron chi connectivity index (χ2n) is 7.55. The number of ether oxygens (including phenoxy) is 1. The van der Waals surface area contributed by atoms with Gasteiger partial charge in [0.05, 0.1) is 12.7 Å². The maximum atomic E-state index is 12.7. The fourth-order valence-corrected chi connectivity index (χ4v) is 4.13. The van der Waals surface area contributed by atoms with E-state index in [4.69, 9.17) is 9.84 Å². The predicted molar refractivity (Wildman–Crippen MR) is 118 cm³/mol. The summed E-state index contributed by atoms with van der Waals surface area (Å²) < 4.78 is 29.6. The average molecular weight is 451 g/mol. The number of aliphatic hydroxyl groups excluding tert-OH is 2. The molecule has 8 heteroatoms. The molecule has 1 aromatic rings. The van der Waals surface area contributed by atoms with Crippen LogP contribution in [-0.4, -0.2) is 60.7 Å². The number of allylic oxidation sites excluding steroid dienone is 3. The van der Waals surface area contributed by atoms with Crippen LogP contribution in [0.3, 0.4) is 0 Å². The molecular formula is C23H30O7S. The lowest BCUT2D eigenvalue weighted by Crippen LogP contribution is -2.28. The minimum absolute atomic E-state index is 0.0393. The van der Waals surface area contributed by atoms with Crippen molar-refractivity contribution in [3.05, 3.63) is 65.1 Å². The Labute approximate surface area is 183 Å². The second kappa shape index (κ2) is 11.4. The lowest BCUT2D eigenvalue weighted by atomic mass is 9.90. The number of unbranched alkanes of at least 4 members (excludes halogenated alkanes) is 1. The molecule has 0 bridgehead atoms. The first-order valence-electron chi connectivity index (χ1n) is 10.2. The third-order valence-electron chi connectivity index (χ3n) is 4.92. The van der Waals surface area contributed by atoms with Gasteiger partial charge in [0.2, 0.25) is 5.78 Å². The SMILES string of the molecule is CS(=O)(=O)C1=CC(O)(CCCCOc2ccccc2)C(=CC=CC(O)CCCO)C1=O. The smallest absolute Gasteiger partial charge is 0.203 e. The summed E-state index contributed by atoms with van der Waals surface area (Å²) in [6, 6.07) is 9.30. The first kappa shape index (κ1) is 25.0. The van der Waals surface area contributed by atoms with Gasteiger partial charge in [-0.15, -0.1) is 0 Å². The molecule has 7 nitrogen and oxygen atoms in total. The van der Waals surface area contributed by atoms with Crippen LogP contribution in [0.4, 0.5) is 0 Å². The van der Waals surface area contributed by atoms with Gasteiger partial charge < -0.3 is 20.1 Å². The highest BCUT2D eigenvalue weighted by molar-refractivity contribution is 7.95. The van der Waals surface area contributed by atoms with Gasteiger partial charge in [-0.1, -0.05) is 36.4 Å². The number of rotatable bonds is 12. The normalized spacial score (nSPS) is 21.6. The minimum atomic E-state index is -3.80. The molecule has 2 unspecified atom stereocenters. The van der Waals surface area contributed by atoms with Crippen molar-refractivity contribution >= 4 is 15.6 Å². The molecule has 0 amide bonds. The Morgan fingerprint density at radius 2 is 1.87 bits per heavy atom. The molecule has 3 N–H and O–H groups in total. The van der Waals surface area contributed by atoms with E-state index in [1.807, 2.05) is 30.3 Å². The maximum absolute atomic E-state index is 12.7. The zero-order valence-corrected chi connectivity index (χ0v) is 18.4. The zero-order chi connectivity index (χ0) is 22.9. The highest BCUT2D eigenvalue weighted by atomic mass is 32.2. The third kappa shape index (κ3) is 7.43. The Balaban J connectivity index is 2.06. The number of Topliss-reactive ketones (excluding diaryl/α,β-unsaturated/α-hetero) is 1. The summed E-state index contributed by atoms with van der Waals surface area (Å²) in [4.78, 5) is 12.2. The molecule has 0 radical (unpaired) electrons. The summed E-state index contributed by atoms with van der Waals surface area (Å²) in [6.45, 7) is 0.381. The third-order valence-corrected chi connectivity index (χ3v) is 6.02. The quantitative estimate of drug-likeness (QED) is 0.329. The summed E-state index contributed by atoms with van der Waals surface area (Å²) >= 11 is 0. The van der Waals surface area contributed by atoms with E-state index >= 15 is 0 Å². The molecule has 0 saturated heterocycles. The van der Waals surface area contributed by atoms with Crippen molar-refractivity contribution in [1.29, 1.82) is 0 Å². The van der Waals surface area contributed by atoms with Crippen molar-refractivity contribution < 1.29 is 33.3 Å². The molecule has 1 aromatic carbocycles. The first-order chi connectivity index (χ1) is 14.7. The highest BCUT2D eigenvalue weighted by Crippen LogP contribution is 2.37. The molecule has 0 spiro atoms. The van der Waals surface area contributed by atoms with Crippen molar-refractivity contribution in [2.75, 3.05) is 19.5 Å². The van der Waals surface area contributed by atoms with E-state index in [1.165, 1.54) is 18.2 Å². The lowest BCUT2D eigenvalue weighted by molar-refractivity contribution is -0.112. The lowest BCUT2D eigenvalue weighted by Gasteiger charge is -2.22. The summed E-state index contributed by atoms with van der Waals surface area (Å²) in [5.41, 5.74) is -1.75. The largest absolute Gasteiger partial charge is 0.494 e. The fraction of sp³-hybridized carbons (Fsp3) is 0.435. The number of carbonyl (C=O) groups is 1. The molecule has 2 rings (SSSR count). The zero-order valence-electron chi connectivity index (χ0n) is 17.6. The summed E-state index contributed by atoms with van der Waals surface area (Å²) in [6.07, 6.45) is 7.49. The number of hydrogen-bond acceptors (Lipinski definition) is 7. The van der Waals surface area contributed by atoms with E-state index in [1.54, 1.807) is 0 Å².